The van der Waals surface area contributed by atoms with Gasteiger partial charge in [-0.15, -0.1) is 5.10 Å². The predicted octanol–water partition coefficient (Wildman–Crippen LogP) is 10.1. The van der Waals surface area contributed by atoms with Gasteiger partial charge in [0.2, 0.25) is 15.9 Å². The molecule has 3 aromatic rings. The number of amidine groups is 1. The molecule has 0 fully saturated rings. The number of hydrogen-bond donors (Lipinski definition) is 3. The molecule has 2 amide bonds. The van der Waals surface area contributed by atoms with Crippen LogP contribution in [0.3, 0.4) is 0 Å². The summed E-state index contributed by atoms with van der Waals surface area (Å²) < 4.78 is 29.0. The van der Waals surface area contributed by atoms with E-state index < -0.39 is 22.0 Å². The fraction of sp³-hybridized carbons (Fsp3) is 0.400. The van der Waals surface area contributed by atoms with Crippen molar-refractivity contribution in [3.05, 3.63) is 80.8 Å². The molecule has 1 aliphatic heterocycles. The van der Waals surface area contributed by atoms with Crippen molar-refractivity contribution in [3.63, 3.8) is 0 Å². The van der Waals surface area contributed by atoms with Crippen molar-refractivity contribution in [2.24, 2.45) is 5.10 Å². The zero-order valence-electron chi connectivity index (χ0n) is 27.3. The van der Waals surface area contributed by atoms with E-state index in [2.05, 4.69) is 27.4 Å². The van der Waals surface area contributed by atoms with E-state index in [1.165, 1.54) is 75.6 Å². The van der Waals surface area contributed by atoms with Gasteiger partial charge in [0.1, 0.15) is 5.69 Å². The van der Waals surface area contributed by atoms with Crippen molar-refractivity contribution in [2.45, 2.75) is 94.9 Å². The molecule has 3 N–H and O–H groups in total. The van der Waals surface area contributed by atoms with Crippen molar-refractivity contribution in [3.8, 4) is 0 Å². The predicted molar refractivity (Wildman–Crippen MR) is 202 cm³/mol. The molecule has 1 heterocycles. The van der Waals surface area contributed by atoms with Crippen LogP contribution in [-0.2, 0) is 19.6 Å². The van der Waals surface area contributed by atoms with Crippen LogP contribution in [0.2, 0.25) is 20.1 Å². The highest BCUT2D eigenvalue weighted by Crippen LogP contribution is 2.39. The zero-order chi connectivity index (χ0) is 35.4. The highest BCUT2D eigenvalue weighted by atomic mass is 35.5. The Kier molecular flexibility index (Phi) is 15.1. The summed E-state index contributed by atoms with van der Waals surface area (Å²) in [6, 6.07) is 13.7. The molecule has 0 saturated heterocycles. The first-order valence-corrected chi connectivity index (χ1v) is 19.5. The minimum Gasteiger partial charge on any atom is -0.339 e. The number of hydrazone groups is 1. The van der Waals surface area contributed by atoms with Crippen LogP contribution in [0, 0.1) is 0 Å². The molecule has 14 heteroatoms. The van der Waals surface area contributed by atoms with Crippen LogP contribution in [0.15, 0.2) is 70.7 Å². The fourth-order valence-electron chi connectivity index (χ4n) is 5.39. The Morgan fingerprint density at radius 1 is 0.796 bits per heavy atom. The molecule has 264 valence electrons. The molecule has 3 aromatic carbocycles. The average molecular weight is 770 g/mol. The van der Waals surface area contributed by atoms with Crippen molar-refractivity contribution in [1.82, 2.24) is 4.72 Å². The second-order valence-electron chi connectivity index (χ2n) is 11.9. The summed E-state index contributed by atoms with van der Waals surface area (Å²) in [4.78, 5) is 26.4. The number of carbonyl (C=O) groups is 2. The number of amides is 2. The molecule has 1 atom stereocenters. The van der Waals surface area contributed by atoms with E-state index in [-0.39, 0.29) is 48.1 Å². The van der Waals surface area contributed by atoms with Gasteiger partial charge in [0, 0.05) is 17.1 Å². The Labute approximate surface area is 308 Å². The maximum Gasteiger partial charge on any atom is 0.273 e. The van der Waals surface area contributed by atoms with Crippen LogP contribution in [0.1, 0.15) is 84.0 Å². The highest BCUT2D eigenvalue weighted by Gasteiger charge is 2.41. The van der Waals surface area contributed by atoms with Gasteiger partial charge in [-0.05, 0) is 48.9 Å². The Bertz CT molecular complexity index is 1720. The Morgan fingerprint density at radius 3 is 2.00 bits per heavy atom. The monoisotopic (exact) mass is 767 g/mol. The summed E-state index contributed by atoms with van der Waals surface area (Å²) in [7, 11) is -4.19. The number of sulfonamides is 1. The summed E-state index contributed by atoms with van der Waals surface area (Å²) in [6.45, 7) is 2.23. The van der Waals surface area contributed by atoms with Gasteiger partial charge < -0.3 is 10.6 Å². The minimum atomic E-state index is -4.19. The highest BCUT2D eigenvalue weighted by molar-refractivity contribution is 7.89. The lowest BCUT2D eigenvalue weighted by atomic mass is 10.1. The summed E-state index contributed by atoms with van der Waals surface area (Å²) in [5, 5.41) is 11.7. The second-order valence-corrected chi connectivity index (χ2v) is 15.2. The van der Waals surface area contributed by atoms with Gasteiger partial charge in [0.15, 0.2) is 11.9 Å². The lowest BCUT2D eigenvalue weighted by Gasteiger charge is -2.18. The van der Waals surface area contributed by atoms with E-state index in [0.29, 0.717) is 12.1 Å². The molecule has 0 aromatic heterocycles. The standard InChI is InChI=1S/C35H41Cl4N5O4S/c1-2-3-4-5-6-7-8-9-10-11-15-18-31(45)40-25-19-20-27(37)30(23-25)41-34-32(43-49(47,48)26-16-13-12-14-17-26)35(46)44(42-34)33-28(38)21-24(36)22-29(33)39/h12-14,16-17,19-23,32,43H,2-11,15,18H2,1H3,(H,40,45)(H,41,42). The van der Waals surface area contributed by atoms with Crippen LogP contribution < -0.4 is 20.4 Å². The normalized spacial score (nSPS) is 14.6. The number of carbonyl (C=O) groups excluding carboxylic acids is 2. The number of nitrogens with one attached hydrogen (secondary N) is 3. The number of benzene rings is 3. The molecular formula is C35H41Cl4N5O4S. The van der Waals surface area contributed by atoms with Gasteiger partial charge in [-0.25, -0.2) is 8.42 Å². The van der Waals surface area contributed by atoms with Gasteiger partial charge in [0.05, 0.1) is 25.7 Å². The number of nitrogens with zero attached hydrogens (tertiary/aromatic N) is 2. The van der Waals surface area contributed by atoms with Crippen molar-refractivity contribution in [1.29, 1.82) is 0 Å². The van der Waals surface area contributed by atoms with E-state index in [1.807, 2.05) is 0 Å². The van der Waals surface area contributed by atoms with E-state index in [9.17, 15) is 18.0 Å². The van der Waals surface area contributed by atoms with Crippen LogP contribution in [-0.4, -0.2) is 32.1 Å². The first-order valence-electron chi connectivity index (χ1n) is 16.5. The third-order valence-electron chi connectivity index (χ3n) is 7.98. The molecule has 0 saturated carbocycles. The fourth-order valence-corrected chi connectivity index (χ4v) is 7.70. The molecular weight excluding hydrogens is 728 g/mol. The second kappa shape index (κ2) is 18.9. The summed E-state index contributed by atoms with van der Waals surface area (Å²) >= 11 is 25.4. The van der Waals surface area contributed by atoms with Crippen LogP contribution in [0.4, 0.5) is 17.1 Å². The number of rotatable bonds is 18. The van der Waals surface area contributed by atoms with E-state index in [1.54, 1.807) is 36.4 Å². The molecule has 0 spiro atoms. The number of unbranched alkanes of at least 4 members (excludes halogenated alkanes) is 10. The first-order chi connectivity index (χ1) is 23.5. The molecule has 9 nitrogen and oxygen atoms in total. The Hall–Kier alpha value is -2.86. The van der Waals surface area contributed by atoms with E-state index in [0.717, 1.165) is 24.3 Å². The van der Waals surface area contributed by atoms with E-state index in [4.69, 9.17) is 46.4 Å². The molecule has 0 bridgehead atoms. The first kappa shape index (κ1) is 38.9. The van der Waals surface area contributed by atoms with Crippen molar-refractivity contribution >= 4 is 91.1 Å². The van der Waals surface area contributed by atoms with Gasteiger partial charge in [-0.3, -0.25) is 9.59 Å². The summed E-state index contributed by atoms with van der Waals surface area (Å²) in [5.41, 5.74) is 0.764. The lowest BCUT2D eigenvalue weighted by Crippen LogP contribution is -2.48. The number of hydrogen-bond acceptors (Lipinski definition) is 6. The summed E-state index contributed by atoms with van der Waals surface area (Å²) in [5.74, 6) is -1.01. The third kappa shape index (κ3) is 11.3. The SMILES string of the molecule is CCCCCCCCCCCCCC(=O)Nc1ccc(Cl)c(NC2=NN(c3c(Cl)cc(Cl)cc3Cl)C(=O)C2NS(=O)(=O)c2ccccc2)c1. The Morgan fingerprint density at radius 2 is 1.39 bits per heavy atom. The molecule has 1 unspecified atom stereocenters. The smallest absolute Gasteiger partial charge is 0.273 e. The van der Waals surface area contributed by atoms with Gasteiger partial charge in [-0.1, -0.05) is 136 Å². The van der Waals surface area contributed by atoms with Crippen molar-refractivity contribution < 1.29 is 18.0 Å². The Balaban J connectivity index is 1.43. The van der Waals surface area contributed by atoms with Gasteiger partial charge >= 0.3 is 0 Å². The van der Waals surface area contributed by atoms with Crippen molar-refractivity contribution in [2.75, 3.05) is 15.6 Å². The van der Waals surface area contributed by atoms with E-state index >= 15 is 0 Å². The quantitative estimate of drug-likeness (QED) is 0.111. The lowest BCUT2D eigenvalue weighted by molar-refractivity contribution is -0.118. The van der Waals surface area contributed by atoms with Crippen LogP contribution in [0.5, 0.6) is 0 Å². The number of anilines is 3. The third-order valence-corrected chi connectivity index (χ3v) is 10.5. The molecule has 0 aliphatic carbocycles. The minimum absolute atomic E-state index is 0.0213. The average Bonchev–Trinajstić information content (AvgIpc) is 3.34. The maximum atomic E-state index is 13.8. The molecule has 4 rings (SSSR count). The molecule has 1 aliphatic rings. The van der Waals surface area contributed by atoms with Crippen LogP contribution in [0.25, 0.3) is 0 Å². The molecule has 0 radical (unpaired) electrons. The zero-order valence-corrected chi connectivity index (χ0v) is 31.1. The van der Waals surface area contributed by atoms with Gasteiger partial charge in [0.25, 0.3) is 5.91 Å². The largest absolute Gasteiger partial charge is 0.339 e. The molecule has 49 heavy (non-hydrogen) atoms. The number of halogens is 4. The van der Waals surface area contributed by atoms with Gasteiger partial charge in [-0.2, -0.15) is 9.73 Å². The topological polar surface area (TPSA) is 120 Å². The summed E-state index contributed by atoms with van der Waals surface area (Å²) in [6.07, 6.45) is 13.5. The van der Waals surface area contributed by atoms with Crippen LogP contribution >= 0.6 is 46.4 Å². The maximum absolute atomic E-state index is 13.8.